The fourth-order valence-electron chi connectivity index (χ4n) is 2.05. The highest BCUT2D eigenvalue weighted by molar-refractivity contribution is 7.92. The summed E-state index contributed by atoms with van der Waals surface area (Å²) in [6.45, 7) is 5.20. The van der Waals surface area contributed by atoms with Crippen molar-refractivity contribution in [1.29, 1.82) is 0 Å². The van der Waals surface area contributed by atoms with Crippen LogP contribution in [0, 0.1) is 13.8 Å². The lowest BCUT2D eigenvalue weighted by Gasteiger charge is -2.11. The van der Waals surface area contributed by atoms with E-state index in [-0.39, 0.29) is 10.8 Å². The van der Waals surface area contributed by atoms with Crippen LogP contribution in [0.15, 0.2) is 47.4 Å². The Kier molecular flexibility index (Phi) is 4.51. The summed E-state index contributed by atoms with van der Waals surface area (Å²) >= 11 is 0. The quantitative estimate of drug-likeness (QED) is 0.909. The molecule has 0 spiro atoms. The van der Waals surface area contributed by atoms with Crippen LogP contribution in [0.3, 0.4) is 0 Å². The minimum Gasteiger partial charge on any atom is -0.326 e. The van der Waals surface area contributed by atoms with Gasteiger partial charge in [-0.15, -0.1) is 0 Å². The van der Waals surface area contributed by atoms with Crippen molar-refractivity contribution in [1.82, 2.24) is 0 Å². The molecule has 2 aromatic rings. The number of benzene rings is 2. The molecule has 0 bridgehead atoms. The fourth-order valence-corrected chi connectivity index (χ4v) is 3.18. The monoisotopic (exact) mass is 318 g/mol. The van der Waals surface area contributed by atoms with E-state index < -0.39 is 10.0 Å². The number of hydrogen-bond donors (Lipinski definition) is 2. The Labute approximate surface area is 130 Å². The maximum atomic E-state index is 12.4. The summed E-state index contributed by atoms with van der Waals surface area (Å²) in [7, 11) is -3.66. The lowest BCUT2D eigenvalue weighted by Crippen LogP contribution is -2.14. The largest absolute Gasteiger partial charge is 0.326 e. The van der Waals surface area contributed by atoms with Gasteiger partial charge < -0.3 is 5.32 Å². The van der Waals surface area contributed by atoms with Gasteiger partial charge in [0.25, 0.3) is 10.0 Å². The average Bonchev–Trinajstić information content (AvgIpc) is 2.42. The average molecular weight is 318 g/mol. The lowest BCUT2D eigenvalue weighted by atomic mass is 10.1. The van der Waals surface area contributed by atoms with Crippen LogP contribution in [0.1, 0.15) is 18.1 Å². The van der Waals surface area contributed by atoms with Gasteiger partial charge >= 0.3 is 0 Å². The lowest BCUT2D eigenvalue weighted by molar-refractivity contribution is -0.114. The van der Waals surface area contributed by atoms with Gasteiger partial charge in [-0.05, 0) is 49.7 Å². The molecule has 116 valence electrons. The van der Waals surface area contributed by atoms with Crippen LogP contribution < -0.4 is 10.0 Å². The topological polar surface area (TPSA) is 75.3 Å². The van der Waals surface area contributed by atoms with Crippen molar-refractivity contribution in [2.24, 2.45) is 0 Å². The summed E-state index contributed by atoms with van der Waals surface area (Å²) in [4.78, 5) is 11.1. The van der Waals surface area contributed by atoms with Gasteiger partial charge in [-0.2, -0.15) is 0 Å². The summed E-state index contributed by atoms with van der Waals surface area (Å²) in [6.07, 6.45) is 0. The number of hydrogen-bond acceptors (Lipinski definition) is 3. The second-order valence-electron chi connectivity index (χ2n) is 5.13. The van der Waals surface area contributed by atoms with Crippen LogP contribution in [0.2, 0.25) is 0 Å². The maximum absolute atomic E-state index is 12.4. The molecule has 0 fully saturated rings. The Bertz CT molecular complexity index is 797. The van der Waals surface area contributed by atoms with E-state index >= 15 is 0 Å². The van der Waals surface area contributed by atoms with Crippen LogP contribution in [0.25, 0.3) is 0 Å². The predicted molar refractivity (Wildman–Crippen MR) is 87.5 cm³/mol. The van der Waals surface area contributed by atoms with Crippen molar-refractivity contribution < 1.29 is 13.2 Å². The van der Waals surface area contributed by atoms with Crippen LogP contribution in [-0.4, -0.2) is 14.3 Å². The zero-order valence-corrected chi connectivity index (χ0v) is 13.5. The first-order valence-electron chi connectivity index (χ1n) is 6.76. The van der Waals surface area contributed by atoms with E-state index in [0.717, 1.165) is 11.1 Å². The smallest absolute Gasteiger partial charge is 0.261 e. The highest BCUT2D eigenvalue weighted by Gasteiger charge is 2.15. The predicted octanol–water partition coefficient (Wildman–Crippen LogP) is 3.06. The Morgan fingerprint density at radius 1 is 1.00 bits per heavy atom. The van der Waals surface area contributed by atoms with Crippen molar-refractivity contribution in [3.63, 3.8) is 0 Å². The number of anilines is 2. The summed E-state index contributed by atoms with van der Waals surface area (Å²) in [5.41, 5.74) is 3.04. The van der Waals surface area contributed by atoms with Crippen molar-refractivity contribution >= 4 is 27.3 Å². The van der Waals surface area contributed by atoms with Crippen molar-refractivity contribution in [3.05, 3.63) is 53.6 Å². The highest BCUT2D eigenvalue weighted by Crippen LogP contribution is 2.21. The molecular weight excluding hydrogens is 300 g/mol. The second kappa shape index (κ2) is 6.19. The van der Waals surface area contributed by atoms with Crippen LogP contribution >= 0.6 is 0 Å². The van der Waals surface area contributed by atoms with Gasteiger partial charge in [0.2, 0.25) is 5.91 Å². The van der Waals surface area contributed by atoms with Crippen LogP contribution in [0.5, 0.6) is 0 Å². The zero-order chi connectivity index (χ0) is 16.3. The Hall–Kier alpha value is -2.34. The number of aryl methyl sites for hydroxylation is 2. The van der Waals surface area contributed by atoms with E-state index in [2.05, 4.69) is 10.0 Å². The molecule has 0 aliphatic rings. The van der Waals surface area contributed by atoms with Gasteiger partial charge in [0, 0.05) is 12.6 Å². The molecule has 6 heteroatoms. The van der Waals surface area contributed by atoms with Gasteiger partial charge in [0.05, 0.1) is 10.6 Å². The molecule has 0 saturated heterocycles. The number of carbonyl (C=O) groups excluding carboxylic acids is 1. The molecule has 5 nitrogen and oxygen atoms in total. The van der Waals surface area contributed by atoms with E-state index in [4.69, 9.17) is 0 Å². The Balaban J connectivity index is 2.24. The fraction of sp³-hybridized carbons (Fsp3) is 0.188. The number of sulfonamides is 1. The van der Waals surface area contributed by atoms with E-state index in [1.54, 1.807) is 18.2 Å². The Morgan fingerprint density at radius 2 is 1.64 bits per heavy atom. The minimum atomic E-state index is -3.66. The molecule has 2 N–H and O–H groups in total. The van der Waals surface area contributed by atoms with Gasteiger partial charge in [0.15, 0.2) is 0 Å². The molecular formula is C16H18N2O3S. The first kappa shape index (κ1) is 16.0. The van der Waals surface area contributed by atoms with E-state index in [9.17, 15) is 13.2 Å². The first-order chi connectivity index (χ1) is 10.3. The number of amides is 1. The molecule has 0 radical (unpaired) electrons. The third-order valence-corrected chi connectivity index (χ3v) is 4.49. The summed E-state index contributed by atoms with van der Waals surface area (Å²) < 4.78 is 27.3. The number of nitrogens with one attached hydrogen (secondary N) is 2. The summed E-state index contributed by atoms with van der Waals surface area (Å²) in [5, 5.41) is 2.59. The van der Waals surface area contributed by atoms with Gasteiger partial charge in [-0.3, -0.25) is 9.52 Å². The van der Waals surface area contributed by atoms with Crippen molar-refractivity contribution in [3.8, 4) is 0 Å². The molecule has 0 aliphatic carbocycles. The summed E-state index contributed by atoms with van der Waals surface area (Å²) in [6, 6.07) is 11.5. The molecule has 0 heterocycles. The molecule has 0 atom stereocenters. The third kappa shape index (κ3) is 3.85. The molecule has 2 rings (SSSR count). The normalized spacial score (nSPS) is 11.0. The van der Waals surface area contributed by atoms with Crippen molar-refractivity contribution in [2.45, 2.75) is 25.7 Å². The molecule has 0 saturated carbocycles. The zero-order valence-electron chi connectivity index (χ0n) is 12.7. The van der Waals surface area contributed by atoms with Crippen LogP contribution in [0.4, 0.5) is 11.4 Å². The van der Waals surface area contributed by atoms with Crippen molar-refractivity contribution in [2.75, 3.05) is 10.0 Å². The van der Waals surface area contributed by atoms with Gasteiger partial charge in [0.1, 0.15) is 0 Å². The van der Waals surface area contributed by atoms with E-state index in [0.29, 0.717) is 11.4 Å². The second-order valence-corrected chi connectivity index (χ2v) is 6.81. The molecule has 22 heavy (non-hydrogen) atoms. The Morgan fingerprint density at radius 3 is 2.18 bits per heavy atom. The van der Waals surface area contributed by atoms with Gasteiger partial charge in [-0.25, -0.2) is 8.42 Å². The maximum Gasteiger partial charge on any atom is 0.261 e. The van der Waals surface area contributed by atoms with Gasteiger partial charge in [-0.1, -0.05) is 17.7 Å². The third-order valence-electron chi connectivity index (χ3n) is 3.11. The minimum absolute atomic E-state index is 0.140. The molecule has 0 unspecified atom stereocenters. The highest BCUT2D eigenvalue weighted by atomic mass is 32.2. The van der Waals surface area contributed by atoms with E-state index in [1.165, 1.54) is 19.1 Å². The molecule has 0 aliphatic heterocycles. The van der Waals surface area contributed by atoms with E-state index in [1.807, 2.05) is 26.0 Å². The SMILES string of the molecule is CC(=O)Nc1ccc(S(=O)(=O)Nc2ccc(C)cc2C)cc1. The first-order valence-corrected chi connectivity index (χ1v) is 8.24. The summed E-state index contributed by atoms with van der Waals surface area (Å²) in [5.74, 6) is -0.205. The standard InChI is InChI=1S/C16H18N2O3S/c1-11-4-9-16(12(2)10-11)18-22(20,21)15-7-5-14(6-8-15)17-13(3)19/h4-10,18H,1-3H3,(H,17,19). The molecule has 0 aromatic heterocycles. The number of rotatable bonds is 4. The molecule has 1 amide bonds. The molecule has 2 aromatic carbocycles. The van der Waals surface area contributed by atoms with Crippen LogP contribution in [-0.2, 0) is 14.8 Å². The number of carbonyl (C=O) groups is 1.